The summed E-state index contributed by atoms with van der Waals surface area (Å²) >= 11 is 1.55. The number of carbonyl (C=O) groups is 1. The van der Waals surface area contributed by atoms with E-state index in [2.05, 4.69) is 25.8 Å². The molecule has 0 aliphatic rings. The van der Waals surface area contributed by atoms with Gasteiger partial charge in [0, 0.05) is 40.1 Å². The van der Waals surface area contributed by atoms with Gasteiger partial charge >= 0.3 is 0 Å². The second kappa shape index (κ2) is 10.1. The Hall–Kier alpha value is -5.35. The van der Waals surface area contributed by atoms with Crippen LogP contribution in [0.2, 0.25) is 0 Å². The topological polar surface area (TPSA) is 113 Å². The zero-order valence-electron chi connectivity index (χ0n) is 21.1. The SMILES string of the molecule is O=C(Cc1ccccc1)Nc1cccc(-c2nc3sccn3c2-c2ccnc(Nc3ccc4[nH]ncc4c3)n2)c1. The molecule has 7 rings (SSSR count). The van der Waals surface area contributed by atoms with Crippen molar-refractivity contribution < 1.29 is 4.79 Å². The molecule has 1 amide bonds. The van der Waals surface area contributed by atoms with E-state index in [1.54, 1.807) is 23.7 Å². The molecule has 4 aromatic heterocycles. The van der Waals surface area contributed by atoms with Crippen molar-refractivity contribution in [2.45, 2.75) is 6.42 Å². The summed E-state index contributed by atoms with van der Waals surface area (Å²) in [5, 5.41) is 16.4. The average Bonchev–Trinajstić information content (AvgIpc) is 3.70. The van der Waals surface area contributed by atoms with E-state index in [0.29, 0.717) is 18.1 Å². The van der Waals surface area contributed by atoms with Gasteiger partial charge in [-0.15, -0.1) is 11.3 Å². The van der Waals surface area contributed by atoms with Gasteiger partial charge in [0.05, 0.1) is 29.5 Å². The largest absolute Gasteiger partial charge is 0.326 e. The third-order valence-electron chi connectivity index (χ3n) is 6.48. The van der Waals surface area contributed by atoms with E-state index in [1.807, 2.05) is 94.8 Å². The first-order valence-electron chi connectivity index (χ1n) is 12.6. The minimum atomic E-state index is -0.0745. The predicted octanol–water partition coefficient (Wildman–Crippen LogP) is 6.32. The van der Waals surface area contributed by atoms with Crippen molar-refractivity contribution in [2.24, 2.45) is 0 Å². The standard InChI is InChI=1S/C30H22N8OS/c39-26(15-19-5-2-1-3-6-19)33-22-8-4-7-20(16-22)27-28(38-13-14-40-30(38)36-27)25-11-12-31-29(35-25)34-23-9-10-24-21(17-23)18-32-37-24/h1-14,16-18H,15H2,(H,32,37)(H,33,39)(H,31,34,35). The number of aromatic amines is 1. The Morgan fingerprint density at radius 1 is 0.950 bits per heavy atom. The van der Waals surface area contributed by atoms with Gasteiger partial charge in [-0.1, -0.05) is 42.5 Å². The van der Waals surface area contributed by atoms with E-state index in [4.69, 9.17) is 9.97 Å². The van der Waals surface area contributed by atoms with Gasteiger partial charge < -0.3 is 10.6 Å². The van der Waals surface area contributed by atoms with Gasteiger partial charge in [0.25, 0.3) is 0 Å². The molecule has 0 unspecified atom stereocenters. The third-order valence-corrected chi connectivity index (χ3v) is 7.24. The highest BCUT2D eigenvalue weighted by molar-refractivity contribution is 7.15. The van der Waals surface area contributed by atoms with Crippen LogP contribution in [0.1, 0.15) is 5.56 Å². The van der Waals surface area contributed by atoms with Gasteiger partial charge in [0.2, 0.25) is 11.9 Å². The zero-order chi connectivity index (χ0) is 26.9. The number of H-pyrrole nitrogens is 1. The molecule has 0 saturated carbocycles. The number of rotatable bonds is 7. The van der Waals surface area contributed by atoms with Crippen LogP contribution in [0.25, 0.3) is 38.5 Å². The van der Waals surface area contributed by atoms with Gasteiger partial charge in [-0.25, -0.2) is 15.0 Å². The van der Waals surface area contributed by atoms with Gasteiger partial charge in [-0.3, -0.25) is 14.3 Å². The van der Waals surface area contributed by atoms with Gasteiger partial charge in [-0.05, 0) is 42.0 Å². The van der Waals surface area contributed by atoms with Crippen LogP contribution in [-0.2, 0) is 11.2 Å². The lowest BCUT2D eigenvalue weighted by molar-refractivity contribution is -0.115. The Kier molecular flexibility index (Phi) is 5.98. The molecule has 0 atom stereocenters. The van der Waals surface area contributed by atoms with Crippen LogP contribution >= 0.6 is 11.3 Å². The van der Waals surface area contributed by atoms with Crippen molar-refractivity contribution in [1.29, 1.82) is 0 Å². The molecule has 0 spiro atoms. The number of imidazole rings is 1. The van der Waals surface area contributed by atoms with Gasteiger partial charge in [0.1, 0.15) is 5.69 Å². The number of carbonyl (C=O) groups excluding carboxylic acids is 1. The molecule has 194 valence electrons. The Labute approximate surface area is 232 Å². The van der Waals surface area contributed by atoms with Crippen molar-refractivity contribution in [2.75, 3.05) is 10.6 Å². The van der Waals surface area contributed by atoms with Crippen LogP contribution in [0.15, 0.2) is 103 Å². The van der Waals surface area contributed by atoms with E-state index < -0.39 is 0 Å². The number of nitrogens with one attached hydrogen (secondary N) is 3. The molecule has 0 radical (unpaired) electrons. The van der Waals surface area contributed by atoms with Crippen LogP contribution in [-0.4, -0.2) is 35.5 Å². The summed E-state index contributed by atoms with van der Waals surface area (Å²) in [6.07, 6.45) is 5.80. The number of amides is 1. The Morgan fingerprint density at radius 3 is 2.80 bits per heavy atom. The molecule has 10 heteroatoms. The number of fused-ring (bicyclic) bond motifs is 2. The summed E-state index contributed by atoms with van der Waals surface area (Å²) in [6, 6.07) is 25.2. The first-order valence-corrected chi connectivity index (χ1v) is 13.5. The van der Waals surface area contributed by atoms with E-state index in [1.165, 1.54) is 0 Å². The van der Waals surface area contributed by atoms with Crippen molar-refractivity contribution in [3.05, 3.63) is 108 Å². The summed E-state index contributed by atoms with van der Waals surface area (Å²) in [5.41, 5.74) is 6.71. The smallest absolute Gasteiger partial charge is 0.228 e. The predicted molar refractivity (Wildman–Crippen MR) is 158 cm³/mol. The molecule has 0 bridgehead atoms. The summed E-state index contributed by atoms with van der Waals surface area (Å²) in [7, 11) is 0. The highest BCUT2D eigenvalue weighted by atomic mass is 32.1. The molecule has 0 saturated heterocycles. The highest BCUT2D eigenvalue weighted by Crippen LogP contribution is 2.35. The fourth-order valence-electron chi connectivity index (χ4n) is 4.66. The lowest BCUT2D eigenvalue weighted by atomic mass is 10.1. The van der Waals surface area contributed by atoms with Crippen molar-refractivity contribution in [1.82, 2.24) is 29.5 Å². The number of hydrogen-bond donors (Lipinski definition) is 3. The quantitative estimate of drug-likeness (QED) is 0.217. The molecular weight excluding hydrogens is 520 g/mol. The Balaban J connectivity index is 1.21. The summed E-state index contributed by atoms with van der Waals surface area (Å²) < 4.78 is 2.03. The molecule has 0 fully saturated rings. The van der Waals surface area contributed by atoms with Crippen LogP contribution in [0.3, 0.4) is 0 Å². The number of benzene rings is 3. The molecule has 0 aliphatic heterocycles. The normalized spacial score (nSPS) is 11.2. The van der Waals surface area contributed by atoms with Gasteiger partial charge in [-0.2, -0.15) is 5.10 Å². The van der Waals surface area contributed by atoms with Crippen molar-refractivity contribution >= 4 is 50.4 Å². The van der Waals surface area contributed by atoms with Crippen LogP contribution < -0.4 is 10.6 Å². The zero-order valence-corrected chi connectivity index (χ0v) is 21.9. The Morgan fingerprint density at radius 2 is 1.88 bits per heavy atom. The lowest BCUT2D eigenvalue weighted by Crippen LogP contribution is -2.14. The molecule has 40 heavy (non-hydrogen) atoms. The lowest BCUT2D eigenvalue weighted by Gasteiger charge is -2.10. The maximum Gasteiger partial charge on any atom is 0.228 e. The maximum absolute atomic E-state index is 12.7. The van der Waals surface area contributed by atoms with Crippen LogP contribution in [0.5, 0.6) is 0 Å². The van der Waals surface area contributed by atoms with Crippen LogP contribution in [0.4, 0.5) is 17.3 Å². The highest BCUT2D eigenvalue weighted by Gasteiger charge is 2.19. The number of anilines is 3. The number of nitrogens with zero attached hydrogens (tertiary/aromatic N) is 5. The van der Waals surface area contributed by atoms with E-state index in [9.17, 15) is 4.79 Å². The monoisotopic (exact) mass is 542 g/mol. The molecule has 3 aromatic carbocycles. The third kappa shape index (κ3) is 4.67. The maximum atomic E-state index is 12.7. The fraction of sp³-hybridized carbons (Fsp3) is 0.0333. The minimum absolute atomic E-state index is 0.0745. The summed E-state index contributed by atoms with van der Waals surface area (Å²) in [4.78, 5) is 27.8. The van der Waals surface area contributed by atoms with Crippen molar-refractivity contribution in [3.8, 4) is 22.6 Å². The molecule has 9 nitrogen and oxygen atoms in total. The summed E-state index contributed by atoms with van der Waals surface area (Å²) in [5.74, 6) is 0.396. The molecule has 3 N–H and O–H groups in total. The molecule has 7 aromatic rings. The molecule has 4 heterocycles. The van der Waals surface area contributed by atoms with E-state index >= 15 is 0 Å². The van der Waals surface area contributed by atoms with Crippen LogP contribution in [0, 0.1) is 0 Å². The van der Waals surface area contributed by atoms with E-state index in [-0.39, 0.29) is 5.91 Å². The molecular formula is C30H22N8OS. The van der Waals surface area contributed by atoms with Crippen molar-refractivity contribution in [3.63, 3.8) is 0 Å². The minimum Gasteiger partial charge on any atom is -0.326 e. The fourth-order valence-corrected chi connectivity index (χ4v) is 5.38. The Bertz CT molecular complexity index is 1970. The average molecular weight is 543 g/mol. The van der Waals surface area contributed by atoms with E-state index in [0.717, 1.165) is 49.8 Å². The second-order valence-corrected chi connectivity index (χ2v) is 10.1. The molecule has 0 aliphatic carbocycles. The first-order chi connectivity index (χ1) is 19.7. The van der Waals surface area contributed by atoms with Gasteiger partial charge in [0.15, 0.2) is 4.96 Å². The first kappa shape index (κ1) is 23.7. The number of thiazole rings is 1. The summed E-state index contributed by atoms with van der Waals surface area (Å²) in [6.45, 7) is 0. The number of aromatic nitrogens is 6. The second-order valence-electron chi connectivity index (χ2n) is 9.22. The number of hydrogen-bond acceptors (Lipinski definition) is 7.